The Morgan fingerprint density at radius 3 is 2.28 bits per heavy atom. The summed E-state index contributed by atoms with van der Waals surface area (Å²) in [6.45, 7) is 2.18. The number of para-hydroxylation sites is 1. The lowest BCUT2D eigenvalue weighted by Gasteiger charge is -2.21. The average molecular weight is 336 g/mol. The first-order valence-electron chi connectivity index (χ1n) is 8.13. The van der Waals surface area contributed by atoms with Gasteiger partial charge in [-0.05, 0) is 24.6 Å². The Morgan fingerprint density at radius 2 is 1.64 bits per heavy atom. The van der Waals surface area contributed by atoms with Crippen LogP contribution >= 0.6 is 0 Å². The molecule has 0 radical (unpaired) electrons. The molecule has 0 aliphatic rings. The largest absolute Gasteiger partial charge is 0.481 e. The lowest BCUT2D eigenvalue weighted by molar-refractivity contribution is -0.128. The zero-order valence-electron chi connectivity index (χ0n) is 13.9. The van der Waals surface area contributed by atoms with Crippen molar-refractivity contribution in [2.24, 2.45) is 0 Å². The zero-order chi connectivity index (χ0) is 17.5. The van der Waals surface area contributed by atoms with Crippen LogP contribution in [-0.2, 0) is 11.3 Å². The third kappa shape index (κ3) is 4.67. The van der Waals surface area contributed by atoms with Crippen molar-refractivity contribution in [3.05, 3.63) is 78.6 Å². The SMILES string of the molecule is CC(Oc1ccccc1)C(=O)NC(Cn1nccn1)c1ccccc1. The van der Waals surface area contributed by atoms with Gasteiger partial charge < -0.3 is 10.1 Å². The second kappa shape index (κ2) is 8.10. The smallest absolute Gasteiger partial charge is 0.261 e. The van der Waals surface area contributed by atoms with E-state index >= 15 is 0 Å². The molecule has 3 aromatic rings. The molecule has 0 aliphatic heterocycles. The van der Waals surface area contributed by atoms with Gasteiger partial charge >= 0.3 is 0 Å². The average Bonchev–Trinajstić information content (AvgIpc) is 3.16. The number of aromatic nitrogens is 3. The van der Waals surface area contributed by atoms with Crippen LogP contribution in [0, 0.1) is 0 Å². The van der Waals surface area contributed by atoms with Gasteiger partial charge in [-0.2, -0.15) is 15.0 Å². The molecule has 2 unspecified atom stereocenters. The Balaban J connectivity index is 1.69. The number of hydrogen-bond donors (Lipinski definition) is 1. The standard InChI is InChI=1S/C19H20N4O2/c1-15(25-17-10-6-3-7-11-17)19(24)22-18(14-23-20-12-13-21-23)16-8-4-2-5-9-16/h2-13,15,18H,14H2,1H3,(H,22,24). The molecular formula is C19H20N4O2. The number of carbonyl (C=O) groups is 1. The molecule has 1 aromatic heterocycles. The van der Waals surface area contributed by atoms with Crippen LogP contribution in [0.5, 0.6) is 5.75 Å². The molecule has 6 heteroatoms. The van der Waals surface area contributed by atoms with Gasteiger partial charge in [0.1, 0.15) is 5.75 Å². The van der Waals surface area contributed by atoms with Crippen LogP contribution in [-0.4, -0.2) is 27.0 Å². The molecule has 25 heavy (non-hydrogen) atoms. The fraction of sp³-hybridized carbons (Fsp3) is 0.211. The van der Waals surface area contributed by atoms with Crippen LogP contribution in [0.1, 0.15) is 18.5 Å². The quantitative estimate of drug-likeness (QED) is 0.720. The molecular weight excluding hydrogens is 316 g/mol. The summed E-state index contributed by atoms with van der Waals surface area (Å²) < 4.78 is 5.70. The molecule has 0 bridgehead atoms. The maximum atomic E-state index is 12.6. The number of nitrogens with zero attached hydrogens (tertiary/aromatic N) is 3. The first-order chi connectivity index (χ1) is 12.2. The third-order valence-electron chi connectivity index (χ3n) is 3.76. The van der Waals surface area contributed by atoms with E-state index in [1.165, 1.54) is 0 Å². The third-order valence-corrected chi connectivity index (χ3v) is 3.76. The Morgan fingerprint density at radius 1 is 1.04 bits per heavy atom. The van der Waals surface area contributed by atoms with E-state index in [-0.39, 0.29) is 11.9 Å². The van der Waals surface area contributed by atoms with E-state index in [1.54, 1.807) is 24.1 Å². The normalized spacial score (nSPS) is 13.0. The van der Waals surface area contributed by atoms with E-state index in [0.717, 1.165) is 5.56 Å². The number of hydrogen-bond acceptors (Lipinski definition) is 4. The van der Waals surface area contributed by atoms with Crippen molar-refractivity contribution in [1.29, 1.82) is 0 Å². The molecule has 6 nitrogen and oxygen atoms in total. The highest BCUT2D eigenvalue weighted by Crippen LogP contribution is 2.16. The molecule has 0 aliphatic carbocycles. The molecule has 2 aromatic carbocycles. The number of carbonyl (C=O) groups excluding carboxylic acids is 1. The second-order valence-corrected chi connectivity index (χ2v) is 5.63. The van der Waals surface area contributed by atoms with Crippen LogP contribution in [0.15, 0.2) is 73.1 Å². The summed E-state index contributed by atoms with van der Waals surface area (Å²) in [4.78, 5) is 14.1. The van der Waals surface area contributed by atoms with Crippen LogP contribution in [0.2, 0.25) is 0 Å². The van der Waals surface area contributed by atoms with Crippen LogP contribution in [0.3, 0.4) is 0 Å². The maximum absolute atomic E-state index is 12.6. The summed E-state index contributed by atoms with van der Waals surface area (Å²) in [6.07, 6.45) is 2.62. The number of amides is 1. The molecule has 0 spiro atoms. The summed E-state index contributed by atoms with van der Waals surface area (Å²) in [7, 11) is 0. The Hall–Kier alpha value is -3.15. The minimum Gasteiger partial charge on any atom is -0.481 e. The molecule has 1 heterocycles. The lowest BCUT2D eigenvalue weighted by atomic mass is 10.1. The van der Waals surface area contributed by atoms with Gasteiger partial charge in [0, 0.05) is 0 Å². The minimum atomic E-state index is -0.612. The monoisotopic (exact) mass is 336 g/mol. The van der Waals surface area contributed by atoms with E-state index in [4.69, 9.17) is 4.74 Å². The van der Waals surface area contributed by atoms with Crippen LogP contribution in [0.25, 0.3) is 0 Å². The second-order valence-electron chi connectivity index (χ2n) is 5.63. The fourth-order valence-corrected chi connectivity index (χ4v) is 2.47. The molecule has 2 atom stereocenters. The van der Waals surface area contributed by atoms with E-state index in [1.807, 2.05) is 60.7 Å². The van der Waals surface area contributed by atoms with Crippen molar-refractivity contribution in [3.63, 3.8) is 0 Å². The van der Waals surface area contributed by atoms with Gasteiger partial charge in [0.15, 0.2) is 6.10 Å². The van der Waals surface area contributed by atoms with Gasteiger partial charge in [-0.15, -0.1) is 0 Å². The number of benzene rings is 2. The summed E-state index contributed by atoms with van der Waals surface area (Å²) >= 11 is 0. The van der Waals surface area contributed by atoms with Gasteiger partial charge in [0.05, 0.1) is 25.0 Å². The van der Waals surface area contributed by atoms with Crippen molar-refractivity contribution >= 4 is 5.91 Å². The topological polar surface area (TPSA) is 69.0 Å². The van der Waals surface area contributed by atoms with Gasteiger partial charge in [0.2, 0.25) is 0 Å². The highest BCUT2D eigenvalue weighted by atomic mass is 16.5. The van der Waals surface area contributed by atoms with Gasteiger partial charge in [-0.1, -0.05) is 48.5 Å². The van der Waals surface area contributed by atoms with Gasteiger partial charge in [-0.25, -0.2) is 0 Å². The van der Waals surface area contributed by atoms with Crippen LogP contribution < -0.4 is 10.1 Å². The number of nitrogens with one attached hydrogen (secondary N) is 1. The summed E-state index contributed by atoms with van der Waals surface area (Å²) in [6, 6.07) is 18.8. The minimum absolute atomic E-state index is 0.190. The fourth-order valence-electron chi connectivity index (χ4n) is 2.47. The van der Waals surface area contributed by atoms with Crippen molar-refractivity contribution in [2.75, 3.05) is 0 Å². The predicted octanol–water partition coefficient (Wildman–Crippen LogP) is 2.60. The van der Waals surface area contributed by atoms with E-state index in [9.17, 15) is 4.79 Å². The Labute approximate surface area is 146 Å². The van der Waals surface area contributed by atoms with Crippen LogP contribution in [0.4, 0.5) is 0 Å². The molecule has 3 rings (SSSR count). The first kappa shape index (κ1) is 16.7. The highest BCUT2D eigenvalue weighted by Gasteiger charge is 2.21. The highest BCUT2D eigenvalue weighted by molar-refractivity contribution is 5.81. The van der Waals surface area contributed by atoms with Crippen molar-refractivity contribution in [1.82, 2.24) is 20.3 Å². The molecule has 0 saturated heterocycles. The summed E-state index contributed by atoms with van der Waals surface area (Å²) in [5.74, 6) is 0.472. The first-order valence-corrected chi connectivity index (χ1v) is 8.13. The molecule has 1 amide bonds. The van der Waals surface area contributed by atoms with E-state index in [2.05, 4.69) is 15.5 Å². The molecule has 128 valence electrons. The van der Waals surface area contributed by atoms with E-state index in [0.29, 0.717) is 12.3 Å². The maximum Gasteiger partial charge on any atom is 0.261 e. The predicted molar refractivity (Wildman–Crippen MR) is 93.9 cm³/mol. The zero-order valence-corrected chi connectivity index (χ0v) is 13.9. The Bertz CT molecular complexity index is 776. The van der Waals surface area contributed by atoms with Crippen molar-refractivity contribution in [2.45, 2.75) is 25.6 Å². The number of ether oxygens (including phenoxy) is 1. The van der Waals surface area contributed by atoms with Crippen molar-refractivity contribution < 1.29 is 9.53 Å². The van der Waals surface area contributed by atoms with Gasteiger partial charge in [0.25, 0.3) is 5.91 Å². The summed E-state index contributed by atoms with van der Waals surface area (Å²) in [5, 5.41) is 11.3. The van der Waals surface area contributed by atoms with E-state index < -0.39 is 6.10 Å². The summed E-state index contributed by atoms with van der Waals surface area (Å²) in [5.41, 5.74) is 0.986. The number of rotatable bonds is 7. The van der Waals surface area contributed by atoms with Gasteiger partial charge in [-0.3, -0.25) is 4.79 Å². The Kier molecular flexibility index (Phi) is 5.41. The molecule has 0 fully saturated rings. The molecule has 1 N–H and O–H groups in total. The molecule has 0 saturated carbocycles. The van der Waals surface area contributed by atoms with Crippen molar-refractivity contribution in [3.8, 4) is 5.75 Å². The lowest BCUT2D eigenvalue weighted by Crippen LogP contribution is -2.40.